The third kappa shape index (κ3) is 3.47. The molecule has 30 heavy (non-hydrogen) atoms. The zero-order chi connectivity index (χ0) is 20.5. The van der Waals surface area contributed by atoms with Crippen molar-refractivity contribution in [1.82, 2.24) is 34.8 Å². The van der Waals surface area contributed by atoms with Crippen LogP contribution in [0.4, 0.5) is 17.6 Å². The number of amidine groups is 1. The van der Waals surface area contributed by atoms with Gasteiger partial charge in [0.25, 0.3) is 0 Å². The molecular weight excluding hydrogens is 380 g/mol. The maximum absolute atomic E-state index is 4.73. The molecule has 0 saturated heterocycles. The molecule has 152 valence electrons. The Morgan fingerprint density at radius 1 is 1.17 bits per heavy atom. The molecule has 1 aliphatic carbocycles. The summed E-state index contributed by atoms with van der Waals surface area (Å²) in [5.41, 5.74) is 1.47. The van der Waals surface area contributed by atoms with E-state index in [-0.39, 0.29) is 18.1 Å². The minimum atomic E-state index is 0.146. The number of imidazole rings is 1. The minimum absolute atomic E-state index is 0.146. The number of rotatable bonds is 6. The fourth-order valence-corrected chi connectivity index (χ4v) is 3.48. The van der Waals surface area contributed by atoms with E-state index in [0.29, 0.717) is 29.6 Å². The highest BCUT2D eigenvalue weighted by atomic mass is 15.2. The van der Waals surface area contributed by atoms with E-state index in [1.165, 1.54) is 6.33 Å². The van der Waals surface area contributed by atoms with Crippen molar-refractivity contribution in [2.24, 2.45) is 4.99 Å². The average molecular weight is 402 g/mol. The first kappa shape index (κ1) is 18.2. The highest BCUT2D eigenvalue weighted by Gasteiger charge is 2.25. The smallest absolute Gasteiger partial charge is 0.232 e. The van der Waals surface area contributed by atoms with Crippen LogP contribution in [0.1, 0.15) is 19.9 Å². The number of nitrogens with one attached hydrogen (secondary N) is 3. The van der Waals surface area contributed by atoms with Gasteiger partial charge in [-0.25, -0.2) is 15.0 Å². The molecule has 3 aromatic heterocycles. The second kappa shape index (κ2) is 7.54. The van der Waals surface area contributed by atoms with Gasteiger partial charge in [-0.05, 0) is 19.9 Å². The van der Waals surface area contributed by atoms with Gasteiger partial charge in [-0.2, -0.15) is 9.97 Å². The van der Waals surface area contributed by atoms with Crippen LogP contribution in [0.15, 0.2) is 54.2 Å². The summed E-state index contributed by atoms with van der Waals surface area (Å²) < 4.78 is 2.02. The maximum Gasteiger partial charge on any atom is 0.232 e. The van der Waals surface area contributed by atoms with Crippen molar-refractivity contribution < 1.29 is 0 Å². The van der Waals surface area contributed by atoms with Gasteiger partial charge in [0, 0.05) is 12.2 Å². The van der Waals surface area contributed by atoms with Gasteiger partial charge in [0.15, 0.2) is 17.0 Å². The van der Waals surface area contributed by atoms with Crippen molar-refractivity contribution in [1.29, 1.82) is 0 Å². The van der Waals surface area contributed by atoms with Gasteiger partial charge in [0.05, 0.1) is 25.0 Å². The Labute approximate surface area is 173 Å². The van der Waals surface area contributed by atoms with E-state index in [1.807, 2.05) is 16.7 Å². The molecule has 0 bridgehead atoms. The monoisotopic (exact) mass is 402 g/mol. The fraction of sp³-hybridized carbons (Fsp3) is 0.300. The van der Waals surface area contributed by atoms with Crippen LogP contribution in [0.5, 0.6) is 0 Å². The van der Waals surface area contributed by atoms with Crippen molar-refractivity contribution in [2.45, 2.75) is 32.0 Å². The van der Waals surface area contributed by atoms with Gasteiger partial charge < -0.3 is 20.5 Å². The third-order valence-electron chi connectivity index (χ3n) is 4.97. The number of allylic oxidation sites excluding steroid dienone is 2. The Bertz CT molecular complexity index is 1150. The molecule has 0 spiro atoms. The zero-order valence-corrected chi connectivity index (χ0v) is 16.7. The molecular formula is C20H22N10. The SMILES string of the molecule is CC(C)n1cnc2c(NCC3=NC4C=CC=CC4N3)nc(Nc3ccncn3)nc21. The molecule has 5 rings (SSSR count). The molecule has 3 N–H and O–H groups in total. The lowest BCUT2D eigenvalue weighted by Gasteiger charge is -2.14. The molecule has 0 fully saturated rings. The molecule has 2 atom stereocenters. The summed E-state index contributed by atoms with van der Waals surface area (Å²) >= 11 is 0. The van der Waals surface area contributed by atoms with Crippen LogP contribution in [0, 0.1) is 0 Å². The first-order valence-electron chi connectivity index (χ1n) is 9.87. The van der Waals surface area contributed by atoms with E-state index in [9.17, 15) is 0 Å². The predicted molar refractivity (Wildman–Crippen MR) is 116 cm³/mol. The summed E-state index contributed by atoms with van der Waals surface area (Å²) in [4.78, 5) is 26.7. The Balaban J connectivity index is 1.44. The molecule has 4 heterocycles. The molecule has 0 aromatic carbocycles. The van der Waals surface area contributed by atoms with E-state index in [1.54, 1.807) is 18.6 Å². The number of aliphatic imine (C=N–C) groups is 1. The molecule has 2 unspecified atom stereocenters. The van der Waals surface area contributed by atoms with E-state index < -0.39 is 0 Å². The topological polar surface area (TPSA) is 118 Å². The molecule has 0 amide bonds. The second-order valence-corrected chi connectivity index (χ2v) is 7.39. The number of hydrogen-bond donors (Lipinski definition) is 3. The quantitative estimate of drug-likeness (QED) is 0.574. The molecule has 10 heteroatoms. The maximum atomic E-state index is 4.73. The lowest BCUT2D eigenvalue weighted by molar-refractivity contribution is 0.613. The number of hydrogen-bond acceptors (Lipinski definition) is 9. The first-order valence-corrected chi connectivity index (χ1v) is 9.87. The first-order chi connectivity index (χ1) is 14.7. The van der Waals surface area contributed by atoms with Crippen molar-refractivity contribution in [3.05, 3.63) is 49.2 Å². The summed E-state index contributed by atoms with van der Waals surface area (Å²) in [6, 6.07) is 2.34. The minimum Gasteiger partial charge on any atom is -0.364 e. The van der Waals surface area contributed by atoms with Crippen LogP contribution in [0.3, 0.4) is 0 Å². The molecule has 2 aliphatic rings. The fourth-order valence-electron chi connectivity index (χ4n) is 3.48. The normalized spacial score (nSPS) is 19.6. The van der Waals surface area contributed by atoms with Crippen LogP contribution in [0.25, 0.3) is 11.2 Å². The van der Waals surface area contributed by atoms with Gasteiger partial charge in [-0.3, -0.25) is 4.99 Å². The van der Waals surface area contributed by atoms with E-state index in [0.717, 1.165) is 11.5 Å². The van der Waals surface area contributed by atoms with Crippen molar-refractivity contribution >= 4 is 34.6 Å². The summed E-state index contributed by atoms with van der Waals surface area (Å²) in [5.74, 6) is 2.59. The number of fused-ring (bicyclic) bond motifs is 2. The highest BCUT2D eigenvalue weighted by Crippen LogP contribution is 2.24. The van der Waals surface area contributed by atoms with Crippen LogP contribution in [-0.4, -0.2) is 54.0 Å². The average Bonchev–Trinajstić information content (AvgIpc) is 3.36. The van der Waals surface area contributed by atoms with E-state index in [4.69, 9.17) is 4.99 Å². The van der Waals surface area contributed by atoms with Crippen LogP contribution in [0.2, 0.25) is 0 Å². The summed E-state index contributed by atoms with van der Waals surface area (Å²) in [7, 11) is 0. The Morgan fingerprint density at radius 3 is 2.87 bits per heavy atom. The molecule has 0 radical (unpaired) electrons. The van der Waals surface area contributed by atoms with Gasteiger partial charge in [-0.1, -0.05) is 24.3 Å². The molecule has 3 aromatic rings. The van der Waals surface area contributed by atoms with Crippen LogP contribution >= 0.6 is 0 Å². The zero-order valence-electron chi connectivity index (χ0n) is 16.7. The van der Waals surface area contributed by atoms with Crippen LogP contribution in [-0.2, 0) is 0 Å². The molecule has 1 aliphatic heterocycles. The van der Waals surface area contributed by atoms with Gasteiger partial charge in [-0.15, -0.1) is 0 Å². The molecule has 0 saturated carbocycles. The lowest BCUT2D eigenvalue weighted by atomic mass is 10.1. The van der Waals surface area contributed by atoms with Crippen LogP contribution < -0.4 is 16.0 Å². The van der Waals surface area contributed by atoms with Crippen molar-refractivity contribution in [2.75, 3.05) is 17.2 Å². The number of aromatic nitrogens is 6. The lowest BCUT2D eigenvalue weighted by Crippen LogP contribution is -2.35. The Kier molecular flexibility index (Phi) is 4.58. The molecule has 10 nitrogen and oxygen atoms in total. The van der Waals surface area contributed by atoms with E-state index >= 15 is 0 Å². The van der Waals surface area contributed by atoms with Crippen molar-refractivity contribution in [3.63, 3.8) is 0 Å². The van der Waals surface area contributed by atoms with Gasteiger partial charge in [0.2, 0.25) is 5.95 Å². The Morgan fingerprint density at radius 2 is 2.07 bits per heavy atom. The standard InChI is InChI=1S/C20H22N10/c1-12(2)30-11-24-17-18(22-9-16-25-13-5-3-4-6-14(13)26-16)28-20(29-19(17)30)27-15-7-8-21-10-23-15/h3-8,10-14H,9H2,1-2H3,(H,25,26)(H2,21,22,23,27,28,29). The number of anilines is 3. The third-order valence-corrected chi connectivity index (χ3v) is 4.97. The highest BCUT2D eigenvalue weighted by molar-refractivity contribution is 5.91. The van der Waals surface area contributed by atoms with Gasteiger partial charge >= 0.3 is 0 Å². The predicted octanol–water partition coefficient (Wildman–Crippen LogP) is 2.22. The number of nitrogens with zero attached hydrogens (tertiary/aromatic N) is 7. The summed E-state index contributed by atoms with van der Waals surface area (Å²) in [6.07, 6.45) is 13.2. The van der Waals surface area contributed by atoms with E-state index in [2.05, 4.69) is 66.9 Å². The largest absolute Gasteiger partial charge is 0.364 e. The Hall–Kier alpha value is -3.82. The second-order valence-electron chi connectivity index (χ2n) is 7.39. The summed E-state index contributed by atoms with van der Waals surface area (Å²) in [5, 5.41) is 9.96. The van der Waals surface area contributed by atoms with Crippen molar-refractivity contribution in [3.8, 4) is 0 Å². The summed E-state index contributed by atoms with van der Waals surface area (Å²) in [6.45, 7) is 4.70. The van der Waals surface area contributed by atoms with Gasteiger partial charge in [0.1, 0.15) is 18.0 Å².